The van der Waals surface area contributed by atoms with Gasteiger partial charge in [-0.1, -0.05) is 24.3 Å². The lowest BCUT2D eigenvalue weighted by atomic mass is 10.2. The molecule has 1 saturated heterocycles. The second kappa shape index (κ2) is 9.32. The summed E-state index contributed by atoms with van der Waals surface area (Å²) in [6, 6.07) is 14.0. The molecule has 28 heavy (non-hydrogen) atoms. The van der Waals surface area contributed by atoms with Crippen molar-refractivity contribution in [1.82, 2.24) is 14.8 Å². The fourth-order valence-electron chi connectivity index (χ4n) is 3.20. The highest BCUT2D eigenvalue weighted by Gasteiger charge is 2.22. The minimum absolute atomic E-state index is 0.170. The Morgan fingerprint density at radius 3 is 2.61 bits per heavy atom. The van der Waals surface area contributed by atoms with Crippen LogP contribution in [0.5, 0.6) is 5.75 Å². The largest absolute Gasteiger partial charge is 0.492 e. The fraction of sp³-hybridized carbons (Fsp3) is 0.333. The number of nitrogens with zero attached hydrogens (tertiary/aromatic N) is 3. The molecule has 1 aromatic carbocycles. The number of thiazole rings is 1. The number of hydrogen-bond donors (Lipinski definition) is 0. The van der Waals surface area contributed by atoms with E-state index in [-0.39, 0.29) is 5.91 Å². The third-order valence-electron chi connectivity index (χ3n) is 4.76. The van der Waals surface area contributed by atoms with E-state index in [1.165, 1.54) is 0 Å². The van der Waals surface area contributed by atoms with Crippen LogP contribution in [0, 0.1) is 0 Å². The van der Waals surface area contributed by atoms with Gasteiger partial charge in [0, 0.05) is 38.1 Å². The predicted octanol–water partition coefficient (Wildman–Crippen LogP) is 3.64. The summed E-state index contributed by atoms with van der Waals surface area (Å²) in [5.41, 5.74) is 0.872. The molecular formula is C21H23N3O2S2. The fourth-order valence-corrected chi connectivity index (χ4v) is 4.83. The van der Waals surface area contributed by atoms with Gasteiger partial charge in [0.25, 0.3) is 0 Å². The number of thiophene rings is 1. The Bertz CT molecular complexity index is 872. The lowest BCUT2D eigenvalue weighted by Gasteiger charge is -2.34. The van der Waals surface area contributed by atoms with Crippen LogP contribution in [-0.2, 0) is 11.2 Å². The SMILES string of the molecule is O=C(Cc1csc(-c2cccs2)n1)N1CCN(CCOc2ccccc2)CC1. The van der Waals surface area contributed by atoms with Crippen LogP contribution in [0.25, 0.3) is 9.88 Å². The van der Waals surface area contributed by atoms with Crippen molar-refractivity contribution < 1.29 is 9.53 Å². The molecule has 3 aromatic rings. The maximum Gasteiger partial charge on any atom is 0.228 e. The van der Waals surface area contributed by atoms with Gasteiger partial charge in [0.15, 0.2) is 0 Å². The summed E-state index contributed by atoms with van der Waals surface area (Å²) >= 11 is 3.29. The van der Waals surface area contributed by atoms with E-state index in [4.69, 9.17) is 4.74 Å². The maximum absolute atomic E-state index is 12.6. The number of hydrogen-bond acceptors (Lipinski definition) is 6. The van der Waals surface area contributed by atoms with Crippen LogP contribution < -0.4 is 4.74 Å². The van der Waals surface area contributed by atoms with E-state index in [1.54, 1.807) is 22.7 Å². The van der Waals surface area contributed by atoms with Gasteiger partial charge in [-0.05, 0) is 23.6 Å². The molecule has 1 aliphatic heterocycles. The topological polar surface area (TPSA) is 45.7 Å². The Balaban J connectivity index is 1.20. The van der Waals surface area contributed by atoms with Crippen LogP contribution in [0.3, 0.4) is 0 Å². The Hall–Kier alpha value is -2.22. The zero-order chi connectivity index (χ0) is 19.2. The summed E-state index contributed by atoms with van der Waals surface area (Å²) in [4.78, 5) is 22.7. The molecule has 0 spiro atoms. The van der Waals surface area contributed by atoms with Crippen molar-refractivity contribution in [1.29, 1.82) is 0 Å². The molecular weight excluding hydrogens is 390 g/mol. The Kier molecular flexibility index (Phi) is 6.36. The summed E-state index contributed by atoms with van der Waals surface area (Å²) < 4.78 is 5.77. The van der Waals surface area contributed by atoms with E-state index >= 15 is 0 Å². The van der Waals surface area contributed by atoms with E-state index in [1.807, 2.05) is 52.1 Å². The molecule has 1 aliphatic rings. The van der Waals surface area contributed by atoms with Crippen LogP contribution >= 0.6 is 22.7 Å². The van der Waals surface area contributed by atoms with Crippen molar-refractivity contribution in [3.8, 4) is 15.6 Å². The number of ether oxygens (including phenoxy) is 1. The van der Waals surface area contributed by atoms with Crippen molar-refractivity contribution in [2.75, 3.05) is 39.3 Å². The van der Waals surface area contributed by atoms with Gasteiger partial charge < -0.3 is 9.64 Å². The molecule has 0 N–H and O–H groups in total. The number of rotatable bonds is 7. The van der Waals surface area contributed by atoms with Crippen LogP contribution in [0.1, 0.15) is 5.69 Å². The van der Waals surface area contributed by atoms with Gasteiger partial charge in [0.2, 0.25) is 5.91 Å². The lowest BCUT2D eigenvalue weighted by molar-refractivity contribution is -0.132. The minimum atomic E-state index is 0.170. The van der Waals surface area contributed by atoms with Crippen molar-refractivity contribution in [3.05, 3.63) is 58.9 Å². The molecule has 1 fully saturated rings. The lowest BCUT2D eigenvalue weighted by Crippen LogP contribution is -2.50. The van der Waals surface area contributed by atoms with E-state index < -0.39 is 0 Å². The van der Waals surface area contributed by atoms with Crippen molar-refractivity contribution in [2.24, 2.45) is 0 Å². The number of piperazine rings is 1. The monoisotopic (exact) mass is 413 g/mol. The first-order chi connectivity index (χ1) is 13.8. The molecule has 1 amide bonds. The van der Waals surface area contributed by atoms with Crippen LogP contribution in [-0.4, -0.2) is 60.0 Å². The second-order valence-corrected chi connectivity index (χ2v) is 8.49. The van der Waals surface area contributed by atoms with Gasteiger partial charge in [-0.3, -0.25) is 9.69 Å². The third-order valence-corrected chi connectivity index (χ3v) is 6.69. The highest BCUT2D eigenvalue weighted by Crippen LogP contribution is 2.28. The summed E-state index contributed by atoms with van der Waals surface area (Å²) in [5.74, 6) is 1.07. The van der Waals surface area contributed by atoms with Crippen LogP contribution in [0.4, 0.5) is 0 Å². The predicted molar refractivity (Wildman–Crippen MR) is 114 cm³/mol. The number of carbonyl (C=O) groups is 1. The van der Waals surface area contributed by atoms with Crippen molar-refractivity contribution in [3.63, 3.8) is 0 Å². The number of benzene rings is 1. The summed E-state index contributed by atoms with van der Waals surface area (Å²) in [6.45, 7) is 4.87. The second-order valence-electron chi connectivity index (χ2n) is 6.68. The quantitative estimate of drug-likeness (QED) is 0.593. The van der Waals surface area contributed by atoms with Gasteiger partial charge in [-0.15, -0.1) is 22.7 Å². The van der Waals surface area contributed by atoms with E-state index in [0.717, 1.165) is 54.1 Å². The standard InChI is InChI=1S/C21H23N3O2S2/c25-20(15-17-16-28-21(22-17)19-7-4-14-27-19)24-10-8-23(9-11-24)12-13-26-18-5-2-1-3-6-18/h1-7,14,16H,8-13,15H2. The van der Waals surface area contributed by atoms with E-state index in [2.05, 4.69) is 16.0 Å². The normalized spacial score (nSPS) is 14.9. The Morgan fingerprint density at radius 1 is 1.04 bits per heavy atom. The first kappa shape index (κ1) is 19.1. The molecule has 0 saturated carbocycles. The minimum Gasteiger partial charge on any atom is -0.492 e. The zero-order valence-corrected chi connectivity index (χ0v) is 17.3. The van der Waals surface area contributed by atoms with Crippen molar-refractivity contribution in [2.45, 2.75) is 6.42 Å². The molecule has 146 valence electrons. The van der Waals surface area contributed by atoms with E-state index in [9.17, 15) is 4.79 Å². The molecule has 0 radical (unpaired) electrons. The highest BCUT2D eigenvalue weighted by molar-refractivity contribution is 7.20. The number of aromatic nitrogens is 1. The molecule has 4 rings (SSSR count). The van der Waals surface area contributed by atoms with Gasteiger partial charge in [0.1, 0.15) is 17.4 Å². The molecule has 3 heterocycles. The molecule has 7 heteroatoms. The molecule has 0 atom stereocenters. The maximum atomic E-state index is 12.6. The number of para-hydroxylation sites is 1. The molecule has 0 unspecified atom stereocenters. The van der Waals surface area contributed by atoms with Crippen LogP contribution in [0.2, 0.25) is 0 Å². The van der Waals surface area contributed by atoms with Gasteiger partial charge in [-0.2, -0.15) is 0 Å². The average Bonchev–Trinajstić information content (AvgIpc) is 3.41. The molecule has 0 aliphatic carbocycles. The van der Waals surface area contributed by atoms with Crippen LogP contribution in [0.15, 0.2) is 53.2 Å². The van der Waals surface area contributed by atoms with Crippen molar-refractivity contribution >= 4 is 28.6 Å². The average molecular weight is 414 g/mol. The summed E-state index contributed by atoms with van der Waals surface area (Å²) in [7, 11) is 0. The smallest absolute Gasteiger partial charge is 0.228 e. The van der Waals surface area contributed by atoms with E-state index in [0.29, 0.717) is 13.0 Å². The zero-order valence-electron chi connectivity index (χ0n) is 15.6. The van der Waals surface area contributed by atoms with Gasteiger partial charge in [0.05, 0.1) is 17.0 Å². The van der Waals surface area contributed by atoms with Gasteiger partial charge in [-0.25, -0.2) is 4.98 Å². The summed E-state index contributed by atoms with van der Waals surface area (Å²) in [5, 5.41) is 5.05. The third kappa shape index (κ3) is 4.98. The Labute approximate surface area is 173 Å². The number of amides is 1. The molecule has 2 aromatic heterocycles. The summed E-state index contributed by atoms with van der Waals surface area (Å²) in [6.07, 6.45) is 0.388. The first-order valence-corrected chi connectivity index (χ1v) is 11.2. The highest BCUT2D eigenvalue weighted by atomic mass is 32.1. The Morgan fingerprint density at radius 2 is 1.86 bits per heavy atom. The van der Waals surface area contributed by atoms with Gasteiger partial charge >= 0.3 is 0 Å². The molecule has 0 bridgehead atoms. The number of carbonyl (C=O) groups excluding carboxylic acids is 1. The molecule has 5 nitrogen and oxygen atoms in total. The first-order valence-electron chi connectivity index (χ1n) is 9.44.